The zero-order valence-corrected chi connectivity index (χ0v) is 53.3. The number of para-hydroxylation sites is 1. The molecule has 0 unspecified atom stereocenters. The van der Waals surface area contributed by atoms with E-state index < -0.39 is 35.7 Å². The van der Waals surface area contributed by atoms with E-state index in [1.165, 1.54) is 44.9 Å². The van der Waals surface area contributed by atoms with Crippen molar-refractivity contribution in [3.63, 3.8) is 0 Å². The molecule has 2 fully saturated rings. The van der Waals surface area contributed by atoms with Crippen LogP contribution in [-0.2, 0) is 38.2 Å². The highest BCUT2D eigenvalue weighted by Crippen LogP contribution is 2.36. The molecule has 0 spiro atoms. The number of carbonyl (C=O) groups excluding carboxylic acids is 6. The van der Waals surface area contributed by atoms with Crippen LogP contribution in [0, 0.1) is 23.7 Å². The molecule has 2 aliphatic rings. The first-order valence-corrected chi connectivity index (χ1v) is 33.5. The van der Waals surface area contributed by atoms with Crippen molar-refractivity contribution in [1.82, 2.24) is 4.98 Å². The van der Waals surface area contributed by atoms with Crippen LogP contribution in [0.25, 0.3) is 10.2 Å². The number of carbonyl (C=O) groups is 6. The van der Waals surface area contributed by atoms with Crippen LogP contribution in [0.15, 0.2) is 121 Å². The summed E-state index contributed by atoms with van der Waals surface area (Å²) < 4.78 is 46.6. The Morgan fingerprint density at radius 3 is 1.36 bits per heavy atom. The SMILES string of the molecule is C=CC(=O)OCCCCCCOc1ccc(OC(=O)C2CCC(C(=O)Oc3ccc(OC(=O)C4CCC(C(=O)Oc5ccc(OCCCCCCOC(=O)C=C)cc5)CC4)c(C=NN(CCCCCCCCCCCC)c4nc5ccccc5s4)c3)CC2)cc1. The molecule has 0 saturated heterocycles. The number of anilines is 1. The topological polar surface area (TPSA) is 205 Å². The van der Waals surface area contributed by atoms with Gasteiger partial charge in [-0.25, -0.2) is 19.6 Å². The zero-order valence-electron chi connectivity index (χ0n) is 52.5. The number of hydrazone groups is 1. The lowest BCUT2D eigenvalue weighted by atomic mass is 9.82. The maximum Gasteiger partial charge on any atom is 0.330 e. The number of hydrogen-bond donors (Lipinski definition) is 0. The third-order valence-corrected chi connectivity index (χ3v) is 17.3. The highest BCUT2D eigenvalue weighted by molar-refractivity contribution is 7.22. The lowest BCUT2D eigenvalue weighted by Gasteiger charge is -2.26. The molecule has 1 heterocycles. The van der Waals surface area contributed by atoms with Crippen LogP contribution in [0.4, 0.5) is 5.13 Å². The monoisotopic (exact) mass is 1250 g/mol. The van der Waals surface area contributed by atoms with Crippen LogP contribution >= 0.6 is 11.3 Å². The Labute approximate surface area is 534 Å². The smallest absolute Gasteiger partial charge is 0.330 e. The number of hydrogen-bond acceptors (Lipinski definition) is 18. The molecule has 484 valence electrons. The van der Waals surface area contributed by atoms with Crippen LogP contribution < -0.4 is 33.4 Å². The van der Waals surface area contributed by atoms with Crippen LogP contribution in [-0.4, -0.2) is 80.0 Å². The number of nitrogens with zero attached hydrogens (tertiary/aromatic N) is 3. The van der Waals surface area contributed by atoms with E-state index in [2.05, 4.69) is 20.1 Å². The minimum absolute atomic E-state index is 0.250. The van der Waals surface area contributed by atoms with Gasteiger partial charge in [0.1, 0.15) is 34.5 Å². The van der Waals surface area contributed by atoms with Crippen LogP contribution in [0.2, 0.25) is 0 Å². The Hall–Kier alpha value is -7.86. The molecule has 7 rings (SSSR count). The fourth-order valence-electron chi connectivity index (χ4n) is 10.9. The van der Waals surface area contributed by atoms with Crippen molar-refractivity contribution in [2.45, 2.75) is 174 Å². The molecule has 0 N–H and O–H groups in total. The Kier molecular flexibility index (Phi) is 30.4. The molecule has 0 bridgehead atoms. The summed E-state index contributed by atoms with van der Waals surface area (Å²) in [6, 6.07) is 26.8. The predicted octanol–water partition coefficient (Wildman–Crippen LogP) is 16.0. The summed E-state index contributed by atoms with van der Waals surface area (Å²) in [7, 11) is 0. The second kappa shape index (κ2) is 39.3. The Morgan fingerprint density at radius 2 is 0.889 bits per heavy atom. The van der Waals surface area contributed by atoms with Crippen molar-refractivity contribution < 1.29 is 66.7 Å². The Morgan fingerprint density at radius 1 is 0.489 bits per heavy atom. The molecule has 2 saturated carbocycles. The van der Waals surface area contributed by atoms with Gasteiger partial charge in [-0.3, -0.25) is 19.2 Å². The van der Waals surface area contributed by atoms with Crippen molar-refractivity contribution in [3.8, 4) is 34.5 Å². The predicted molar refractivity (Wildman–Crippen MR) is 349 cm³/mol. The van der Waals surface area contributed by atoms with Gasteiger partial charge >= 0.3 is 35.8 Å². The maximum absolute atomic E-state index is 14.1. The van der Waals surface area contributed by atoms with Gasteiger partial charge in [-0.2, -0.15) is 5.10 Å². The standard InChI is InChI=1S/C72H91N3O14S/c1-4-7-8-9-10-11-12-13-14-21-46-75(72-74-63-26-19-20-27-65(63)90-72)73-52-57-51-62(88-70(80)55-30-28-53(29-31-55)68(78)86-60-40-36-58(37-41-60)82-47-22-15-17-24-49-84-66(76)5-2)44-45-64(57)89-71(81)56-34-32-54(33-35-56)69(79)87-61-42-38-59(39-43-61)83-48-23-16-18-25-50-85-67(77)6-3/h5-6,19-20,26-27,36-45,51-56H,2-4,7-18,21-25,28-35,46-50H2,1H3. The van der Waals surface area contributed by atoms with E-state index >= 15 is 0 Å². The molecular formula is C72H91N3O14S. The highest BCUT2D eigenvalue weighted by atomic mass is 32.1. The Balaban J connectivity index is 0.930. The number of esters is 6. The van der Waals surface area contributed by atoms with Crippen molar-refractivity contribution >= 4 is 68.7 Å². The maximum atomic E-state index is 14.1. The number of rotatable bonds is 40. The van der Waals surface area contributed by atoms with E-state index in [4.69, 9.17) is 48.0 Å². The number of aromatic nitrogens is 1. The van der Waals surface area contributed by atoms with Gasteiger partial charge in [0.05, 0.1) is 66.5 Å². The fourth-order valence-corrected chi connectivity index (χ4v) is 11.9. The van der Waals surface area contributed by atoms with E-state index in [1.54, 1.807) is 84.3 Å². The van der Waals surface area contributed by atoms with Gasteiger partial charge in [-0.05, 0) is 188 Å². The molecule has 1 aromatic heterocycles. The second-order valence-corrected chi connectivity index (χ2v) is 24.2. The molecule has 18 heteroatoms. The van der Waals surface area contributed by atoms with Crippen molar-refractivity contribution in [3.05, 3.63) is 122 Å². The van der Waals surface area contributed by atoms with Gasteiger partial charge in [-0.1, -0.05) is 101 Å². The molecule has 17 nitrogen and oxygen atoms in total. The van der Waals surface area contributed by atoms with E-state index in [0.29, 0.717) is 113 Å². The summed E-state index contributed by atoms with van der Waals surface area (Å²) in [5.74, 6) is -1.37. The molecule has 0 radical (unpaired) electrons. The highest BCUT2D eigenvalue weighted by Gasteiger charge is 2.34. The average molecular weight is 1250 g/mol. The van der Waals surface area contributed by atoms with Crippen LogP contribution in [0.5, 0.6) is 34.5 Å². The number of thiazole rings is 1. The van der Waals surface area contributed by atoms with Gasteiger partial charge < -0.3 is 37.9 Å². The lowest BCUT2D eigenvalue weighted by molar-refractivity contribution is -0.145. The van der Waals surface area contributed by atoms with Gasteiger partial charge in [0.15, 0.2) is 0 Å². The minimum Gasteiger partial charge on any atom is -0.494 e. The van der Waals surface area contributed by atoms with Crippen LogP contribution in [0.3, 0.4) is 0 Å². The summed E-state index contributed by atoms with van der Waals surface area (Å²) in [5.41, 5.74) is 1.31. The summed E-state index contributed by atoms with van der Waals surface area (Å²) in [6.07, 6.45) is 26.4. The van der Waals surface area contributed by atoms with Gasteiger partial charge in [-0.15, -0.1) is 0 Å². The van der Waals surface area contributed by atoms with E-state index in [-0.39, 0.29) is 35.3 Å². The van der Waals surface area contributed by atoms with E-state index in [0.717, 1.165) is 98.1 Å². The normalized spacial score (nSPS) is 16.4. The average Bonchev–Trinajstić information content (AvgIpc) is 1.90. The second-order valence-electron chi connectivity index (χ2n) is 23.2. The minimum atomic E-state index is -0.465. The molecule has 0 atom stereocenters. The van der Waals surface area contributed by atoms with Crippen LogP contribution in [0.1, 0.15) is 179 Å². The first kappa shape index (κ1) is 69.6. The summed E-state index contributed by atoms with van der Waals surface area (Å²) in [6.45, 7) is 11.5. The van der Waals surface area contributed by atoms with Gasteiger partial charge in [0.25, 0.3) is 0 Å². The molecule has 5 aromatic rings. The van der Waals surface area contributed by atoms with Crippen molar-refractivity contribution in [1.29, 1.82) is 0 Å². The first-order valence-electron chi connectivity index (χ1n) is 32.7. The summed E-state index contributed by atoms with van der Waals surface area (Å²) in [5, 5.41) is 7.64. The van der Waals surface area contributed by atoms with Gasteiger partial charge in [0.2, 0.25) is 5.13 Å². The Bertz CT molecular complexity index is 3040. The largest absolute Gasteiger partial charge is 0.494 e. The van der Waals surface area contributed by atoms with Crippen molar-refractivity contribution in [2.75, 3.05) is 38.0 Å². The third-order valence-electron chi connectivity index (χ3n) is 16.3. The molecule has 90 heavy (non-hydrogen) atoms. The fraction of sp³-hybridized carbons (Fsp3) is 0.500. The molecule has 0 amide bonds. The van der Waals surface area contributed by atoms with Crippen molar-refractivity contribution in [2.24, 2.45) is 28.8 Å². The quantitative estimate of drug-likeness (QED) is 0.00893. The lowest BCUT2D eigenvalue weighted by Crippen LogP contribution is -2.30. The molecule has 4 aromatic carbocycles. The molecule has 0 aliphatic heterocycles. The molecular weight excluding hydrogens is 1160 g/mol. The summed E-state index contributed by atoms with van der Waals surface area (Å²) >= 11 is 1.55. The number of unbranched alkanes of at least 4 members (excludes halogenated alkanes) is 15. The number of ether oxygens (including phenoxy) is 8. The first-order chi connectivity index (χ1) is 44.0. The summed E-state index contributed by atoms with van der Waals surface area (Å²) in [4.78, 5) is 82.0. The van der Waals surface area contributed by atoms with Gasteiger partial charge in [0, 0.05) is 24.3 Å². The zero-order chi connectivity index (χ0) is 63.6. The molecule has 2 aliphatic carbocycles. The van der Waals surface area contributed by atoms with E-state index in [1.807, 2.05) is 29.3 Å². The number of fused-ring (bicyclic) bond motifs is 1. The number of benzene rings is 4. The van der Waals surface area contributed by atoms with E-state index in [9.17, 15) is 28.8 Å². The third kappa shape index (κ3) is 24.5.